The molecular weight excluding hydrogens is 480 g/mol. The van der Waals surface area contributed by atoms with Crippen LogP contribution in [-0.4, -0.2) is 66.5 Å². The van der Waals surface area contributed by atoms with Crippen molar-refractivity contribution in [3.05, 3.63) is 47.5 Å². The molecule has 0 aliphatic heterocycles. The van der Waals surface area contributed by atoms with Gasteiger partial charge in [-0.25, -0.2) is 19.2 Å². The summed E-state index contributed by atoms with van der Waals surface area (Å²) in [5.74, 6) is -3.33. The smallest absolute Gasteiger partial charge is 0.346 e. The number of rotatable bonds is 10. The van der Waals surface area contributed by atoms with Crippen LogP contribution in [0.3, 0.4) is 0 Å². The molecule has 2 aromatic rings. The highest BCUT2D eigenvalue weighted by molar-refractivity contribution is 6.05. The number of benzene rings is 2. The number of ether oxygens (including phenoxy) is 8. The van der Waals surface area contributed by atoms with E-state index in [0.717, 1.165) is 0 Å². The van der Waals surface area contributed by atoms with Crippen molar-refractivity contribution < 1.29 is 57.1 Å². The summed E-state index contributed by atoms with van der Waals surface area (Å²) in [6, 6.07) is 5.13. The lowest BCUT2D eigenvalue weighted by atomic mass is 10.2. The van der Waals surface area contributed by atoms with Gasteiger partial charge in [-0.05, 0) is 24.3 Å². The van der Waals surface area contributed by atoms with Gasteiger partial charge in [0.15, 0.2) is 23.0 Å². The minimum atomic E-state index is -1.19. The lowest BCUT2D eigenvalue weighted by Gasteiger charge is -2.13. The summed E-state index contributed by atoms with van der Waals surface area (Å²) in [5, 5.41) is 0. The Bertz CT molecular complexity index is 1040. The number of carbonyl (C=O) groups is 4. The maximum absolute atomic E-state index is 12.3. The molecule has 0 unspecified atom stereocenters. The minimum absolute atomic E-state index is 0.0774. The average molecular weight is 504 g/mol. The zero-order valence-electron chi connectivity index (χ0n) is 20.4. The molecule has 0 bridgehead atoms. The van der Waals surface area contributed by atoms with Crippen molar-refractivity contribution in [1.29, 1.82) is 0 Å². The van der Waals surface area contributed by atoms with Gasteiger partial charge in [0.1, 0.15) is 0 Å². The van der Waals surface area contributed by atoms with Crippen molar-refractivity contribution in [1.82, 2.24) is 0 Å². The number of esters is 4. The number of methoxy groups -OCH3 is 6. The highest BCUT2D eigenvalue weighted by Crippen LogP contribution is 2.39. The molecular formula is C24H24O12. The summed E-state index contributed by atoms with van der Waals surface area (Å²) in [4.78, 5) is 48.7. The van der Waals surface area contributed by atoms with Crippen LogP contribution in [0.25, 0.3) is 0 Å². The minimum Gasteiger partial charge on any atom is -0.493 e. The predicted molar refractivity (Wildman–Crippen MR) is 122 cm³/mol. The van der Waals surface area contributed by atoms with Gasteiger partial charge in [0.2, 0.25) is 11.5 Å². The zero-order chi connectivity index (χ0) is 26.8. The van der Waals surface area contributed by atoms with Crippen molar-refractivity contribution >= 4 is 23.9 Å². The second-order valence-electron chi connectivity index (χ2n) is 6.58. The van der Waals surface area contributed by atoms with E-state index in [2.05, 4.69) is 9.47 Å². The second kappa shape index (κ2) is 12.6. The number of carbonyl (C=O) groups excluding carboxylic acids is 4. The summed E-state index contributed by atoms with van der Waals surface area (Å²) in [5.41, 5.74) is -0.155. The van der Waals surface area contributed by atoms with Gasteiger partial charge in [-0.2, -0.15) is 0 Å². The van der Waals surface area contributed by atoms with Gasteiger partial charge in [0.25, 0.3) is 0 Å². The van der Waals surface area contributed by atoms with Crippen LogP contribution in [0.15, 0.2) is 36.4 Å². The van der Waals surface area contributed by atoms with Crippen molar-refractivity contribution in [2.24, 2.45) is 0 Å². The molecule has 0 aliphatic rings. The Kier molecular flexibility index (Phi) is 9.66. The molecule has 0 radical (unpaired) electrons. The molecule has 0 atom stereocenters. The molecule has 0 saturated heterocycles. The molecule has 0 N–H and O–H groups in total. The van der Waals surface area contributed by atoms with Crippen molar-refractivity contribution in [3.8, 4) is 34.5 Å². The molecule has 12 heteroatoms. The third kappa shape index (κ3) is 6.44. The van der Waals surface area contributed by atoms with E-state index in [1.54, 1.807) is 0 Å². The molecule has 0 saturated carbocycles. The summed E-state index contributed by atoms with van der Waals surface area (Å²) in [6.07, 6.45) is 1.25. The molecule has 192 valence electrons. The van der Waals surface area contributed by atoms with E-state index in [1.807, 2.05) is 0 Å². The first-order valence-electron chi connectivity index (χ1n) is 10.0. The fourth-order valence-electron chi connectivity index (χ4n) is 2.90. The molecule has 0 heterocycles. The molecule has 36 heavy (non-hydrogen) atoms. The normalized spacial score (nSPS) is 10.3. The molecule has 12 nitrogen and oxygen atoms in total. The van der Waals surface area contributed by atoms with Crippen LogP contribution < -0.4 is 28.4 Å². The van der Waals surface area contributed by atoms with Crippen LogP contribution in [0.4, 0.5) is 0 Å². The Hall–Kier alpha value is -4.74. The first-order chi connectivity index (χ1) is 17.2. The molecule has 2 rings (SSSR count). The fourth-order valence-corrected chi connectivity index (χ4v) is 2.90. The van der Waals surface area contributed by atoms with Gasteiger partial charge in [-0.1, -0.05) is 0 Å². The predicted octanol–water partition coefficient (Wildman–Crippen LogP) is 2.36. The van der Waals surface area contributed by atoms with Crippen LogP contribution in [0, 0.1) is 0 Å². The van der Waals surface area contributed by atoms with E-state index in [0.29, 0.717) is 12.2 Å². The van der Waals surface area contributed by atoms with Crippen molar-refractivity contribution in [2.75, 3.05) is 42.7 Å². The Morgan fingerprint density at radius 2 is 0.778 bits per heavy atom. The number of hydrogen-bond acceptors (Lipinski definition) is 12. The molecule has 0 spiro atoms. The van der Waals surface area contributed by atoms with Gasteiger partial charge in [0.05, 0.1) is 53.8 Å². The lowest BCUT2D eigenvalue weighted by Crippen LogP contribution is -2.13. The van der Waals surface area contributed by atoms with E-state index >= 15 is 0 Å². The van der Waals surface area contributed by atoms with Gasteiger partial charge in [-0.15, -0.1) is 0 Å². The third-order valence-electron chi connectivity index (χ3n) is 4.54. The van der Waals surface area contributed by atoms with Crippen molar-refractivity contribution in [2.45, 2.75) is 0 Å². The standard InChI is InChI=1S/C24H24O12/c1-29-15-9-13(10-16(30-2)21(15)33-5)23(27)35-19(25)7-8-20(26)36-24(28)14-11-17(31-3)22(34-6)18(12-14)32-4/h7-12H,1-6H3/b8-7-. The quantitative estimate of drug-likeness (QED) is 0.266. The first kappa shape index (κ1) is 27.5. The maximum Gasteiger partial charge on any atom is 0.346 e. The Morgan fingerprint density at radius 1 is 0.500 bits per heavy atom. The van der Waals surface area contributed by atoms with Crippen LogP contribution >= 0.6 is 0 Å². The summed E-state index contributed by atoms with van der Waals surface area (Å²) >= 11 is 0. The van der Waals surface area contributed by atoms with E-state index in [1.165, 1.54) is 66.9 Å². The number of hydrogen-bond donors (Lipinski definition) is 0. The Balaban J connectivity index is 2.08. The Labute approximate surface area is 206 Å². The van der Waals surface area contributed by atoms with E-state index < -0.39 is 23.9 Å². The zero-order valence-corrected chi connectivity index (χ0v) is 20.4. The van der Waals surface area contributed by atoms with Crippen LogP contribution in [0.2, 0.25) is 0 Å². The van der Waals surface area contributed by atoms with Crippen molar-refractivity contribution in [3.63, 3.8) is 0 Å². The van der Waals surface area contributed by atoms with Crippen LogP contribution in [-0.2, 0) is 19.1 Å². The van der Waals surface area contributed by atoms with Gasteiger partial charge in [-0.3, -0.25) is 0 Å². The van der Waals surface area contributed by atoms with Gasteiger partial charge >= 0.3 is 23.9 Å². The maximum atomic E-state index is 12.3. The fraction of sp³-hybridized carbons (Fsp3) is 0.250. The average Bonchev–Trinajstić information content (AvgIpc) is 2.89. The summed E-state index contributed by atoms with van der Waals surface area (Å²) in [7, 11) is 8.18. The second-order valence-corrected chi connectivity index (χ2v) is 6.58. The molecule has 0 fully saturated rings. The van der Waals surface area contributed by atoms with Gasteiger partial charge in [0, 0.05) is 12.2 Å². The molecule has 0 aliphatic carbocycles. The van der Waals surface area contributed by atoms with Crippen LogP contribution in [0.1, 0.15) is 20.7 Å². The third-order valence-corrected chi connectivity index (χ3v) is 4.54. The van der Waals surface area contributed by atoms with Gasteiger partial charge < -0.3 is 37.9 Å². The SMILES string of the molecule is COc1cc(C(=O)OC(=O)/C=C\C(=O)OC(=O)c2cc(OC)c(OC)c(OC)c2)cc(OC)c1OC. The monoisotopic (exact) mass is 504 g/mol. The largest absolute Gasteiger partial charge is 0.493 e. The first-order valence-corrected chi connectivity index (χ1v) is 10.0. The Morgan fingerprint density at radius 3 is 1.00 bits per heavy atom. The summed E-state index contributed by atoms with van der Waals surface area (Å²) < 4.78 is 40.2. The summed E-state index contributed by atoms with van der Waals surface area (Å²) in [6.45, 7) is 0. The molecule has 0 amide bonds. The van der Waals surface area contributed by atoms with E-state index in [-0.39, 0.29) is 45.6 Å². The highest BCUT2D eigenvalue weighted by Gasteiger charge is 2.21. The lowest BCUT2D eigenvalue weighted by molar-refractivity contribution is -0.135. The molecule has 2 aromatic carbocycles. The highest BCUT2D eigenvalue weighted by atomic mass is 16.6. The molecule has 0 aromatic heterocycles. The van der Waals surface area contributed by atoms with Crippen LogP contribution in [0.5, 0.6) is 34.5 Å². The van der Waals surface area contributed by atoms with E-state index in [4.69, 9.17) is 28.4 Å². The topological polar surface area (TPSA) is 142 Å². The van der Waals surface area contributed by atoms with E-state index in [9.17, 15) is 19.2 Å².